The second-order valence-corrected chi connectivity index (χ2v) is 4.32. The van der Waals surface area contributed by atoms with Crippen molar-refractivity contribution in [3.05, 3.63) is 35.1 Å². The molecule has 1 spiro atoms. The van der Waals surface area contributed by atoms with Crippen molar-refractivity contribution in [1.82, 2.24) is 10.6 Å². The van der Waals surface area contributed by atoms with E-state index in [1.165, 1.54) is 6.07 Å². The Balaban J connectivity index is 2.15. The van der Waals surface area contributed by atoms with Crippen LogP contribution in [-0.4, -0.2) is 18.9 Å². The van der Waals surface area contributed by atoms with Gasteiger partial charge in [-0.15, -0.1) is 0 Å². The Kier molecular flexibility index (Phi) is 1.98. The number of nitrogens with one attached hydrogen (secondary N) is 2. The lowest BCUT2D eigenvalue weighted by Crippen LogP contribution is -2.41. The summed E-state index contributed by atoms with van der Waals surface area (Å²) in [4.78, 5) is 16.0. The van der Waals surface area contributed by atoms with E-state index in [4.69, 9.17) is 0 Å². The van der Waals surface area contributed by atoms with E-state index >= 15 is 0 Å². The zero-order chi connectivity index (χ0) is 12.0. The van der Waals surface area contributed by atoms with Gasteiger partial charge in [0.1, 0.15) is 11.4 Å². The van der Waals surface area contributed by atoms with Crippen LogP contribution in [0.5, 0.6) is 0 Å². The number of halogens is 1. The number of carbonyl (C=O) groups excluding carboxylic acids is 1. The van der Waals surface area contributed by atoms with Crippen LogP contribution in [-0.2, 0) is 16.8 Å². The maximum absolute atomic E-state index is 13.6. The van der Waals surface area contributed by atoms with Crippen molar-refractivity contribution in [2.24, 2.45) is 4.99 Å². The van der Waals surface area contributed by atoms with Crippen molar-refractivity contribution < 1.29 is 9.18 Å². The topological polar surface area (TPSA) is 53.5 Å². The minimum Gasteiger partial charge on any atom is -0.338 e. The first-order valence-corrected chi connectivity index (χ1v) is 5.52. The molecule has 1 amide bonds. The van der Waals surface area contributed by atoms with Crippen molar-refractivity contribution >= 4 is 11.9 Å². The minimum absolute atomic E-state index is 0.151. The summed E-state index contributed by atoms with van der Waals surface area (Å²) >= 11 is 0. The molecule has 0 bridgehead atoms. The summed E-state index contributed by atoms with van der Waals surface area (Å²) in [5.41, 5.74) is 0.535. The number of aliphatic imine (C=N–C) groups is 1. The van der Waals surface area contributed by atoms with Gasteiger partial charge in [-0.2, -0.15) is 0 Å². The summed E-state index contributed by atoms with van der Waals surface area (Å²) in [6, 6.07) is 4.87. The highest BCUT2D eigenvalue weighted by atomic mass is 19.1. The molecule has 4 nitrogen and oxygen atoms in total. The Bertz CT molecular complexity index is 541. The number of hydrogen-bond donors (Lipinski definition) is 2. The molecule has 0 saturated carbocycles. The van der Waals surface area contributed by atoms with Crippen LogP contribution in [0.1, 0.15) is 17.5 Å². The Morgan fingerprint density at radius 1 is 1.47 bits per heavy atom. The minimum atomic E-state index is -0.827. The zero-order valence-corrected chi connectivity index (χ0v) is 9.38. The van der Waals surface area contributed by atoms with Crippen molar-refractivity contribution in [3.8, 4) is 0 Å². The standard InChI is InChI=1S/C12H12FN3O/c1-14-11-15-10(17)12(16-11)6-5-7-8(12)3-2-4-9(7)13/h2-4H,5-6H2,1H3,(H2,14,15,16,17). The summed E-state index contributed by atoms with van der Waals surface area (Å²) in [5.74, 6) is 0.0606. The van der Waals surface area contributed by atoms with Crippen molar-refractivity contribution in [2.75, 3.05) is 7.05 Å². The predicted molar refractivity (Wildman–Crippen MR) is 61.0 cm³/mol. The van der Waals surface area contributed by atoms with Gasteiger partial charge in [0, 0.05) is 7.05 Å². The number of fused-ring (bicyclic) bond motifs is 2. The lowest BCUT2D eigenvalue weighted by Gasteiger charge is -2.21. The van der Waals surface area contributed by atoms with E-state index in [9.17, 15) is 9.18 Å². The number of carbonyl (C=O) groups is 1. The highest BCUT2D eigenvalue weighted by Crippen LogP contribution is 2.39. The van der Waals surface area contributed by atoms with Crippen LogP contribution in [0, 0.1) is 5.82 Å². The van der Waals surface area contributed by atoms with E-state index in [0.717, 1.165) is 5.56 Å². The molecular weight excluding hydrogens is 221 g/mol. The Hall–Kier alpha value is -1.91. The quantitative estimate of drug-likeness (QED) is 0.692. The Labute approximate surface area is 97.9 Å². The molecule has 2 N–H and O–H groups in total. The first-order valence-electron chi connectivity index (χ1n) is 5.52. The molecule has 17 heavy (non-hydrogen) atoms. The highest BCUT2D eigenvalue weighted by molar-refractivity contribution is 6.09. The van der Waals surface area contributed by atoms with Gasteiger partial charge in [0.2, 0.25) is 0 Å². The lowest BCUT2D eigenvalue weighted by atomic mass is 9.92. The highest BCUT2D eigenvalue weighted by Gasteiger charge is 2.50. The first kappa shape index (κ1) is 10.3. The average Bonchev–Trinajstić information content (AvgIpc) is 2.85. The molecule has 5 heteroatoms. The smallest absolute Gasteiger partial charge is 0.257 e. The molecular formula is C12H12FN3O. The average molecular weight is 233 g/mol. The molecule has 1 fully saturated rings. The van der Waals surface area contributed by atoms with Gasteiger partial charge in [0.05, 0.1) is 0 Å². The second kappa shape index (κ2) is 3.29. The summed E-state index contributed by atoms with van der Waals surface area (Å²) < 4.78 is 13.6. The van der Waals surface area contributed by atoms with Crippen molar-refractivity contribution in [3.63, 3.8) is 0 Å². The third kappa shape index (κ3) is 1.22. The maximum Gasteiger partial charge on any atom is 0.257 e. The lowest BCUT2D eigenvalue weighted by molar-refractivity contribution is -0.124. The van der Waals surface area contributed by atoms with Gasteiger partial charge in [-0.05, 0) is 30.0 Å². The number of hydrogen-bond acceptors (Lipinski definition) is 2. The number of benzene rings is 1. The molecule has 1 aliphatic carbocycles. The number of rotatable bonds is 0. The van der Waals surface area contributed by atoms with Crippen LogP contribution in [0.2, 0.25) is 0 Å². The molecule has 2 aliphatic rings. The van der Waals surface area contributed by atoms with E-state index < -0.39 is 5.54 Å². The summed E-state index contributed by atoms with van der Waals surface area (Å²) in [5, 5.41) is 5.75. The van der Waals surface area contributed by atoms with Gasteiger partial charge in [0.25, 0.3) is 5.91 Å². The second-order valence-electron chi connectivity index (χ2n) is 4.32. The summed E-state index contributed by atoms with van der Waals surface area (Å²) in [7, 11) is 1.60. The molecule has 1 unspecified atom stereocenters. The zero-order valence-electron chi connectivity index (χ0n) is 9.38. The van der Waals surface area contributed by atoms with Crippen molar-refractivity contribution in [2.45, 2.75) is 18.4 Å². The third-order valence-electron chi connectivity index (χ3n) is 3.50. The van der Waals surface area contributed by atoms with Gasteiger partial charge in [-0.25, -0.2) is 4.39 Å². The van der Waals surface area contributed by atoms with E-state index in [1.54, 1.807) is 19.2 Å². The molecule has 88 valence electrons. The maximum atomic E-state index is 13.6. The molecule has 1 atom stereocenters. The molecule has 0 aromatic heterocycles. The van der Waals surface area contributed by atoms with E-state index in [0.29, 0.717) is 24.4 Å². The number of amides is 1. The molecule has 1 aliphatic heterocycles. The van der Waals surface area contributed by atoms with Gasteiger partial charge >= 0.3 is 0 Å². The van der Waals surface area contributed by atoms with Crippen LogP contribution in [0.15, 0.2) is 23.2 Å². The van der Waals surface area contributed by atoms with Crippen LogP contribution in [0.4, 0.5) is 4.39 Å². The van der Waals surface area contributed by atoms with E-state index in [1.807, 2.05) is 0 Å². The number of guanidine groups is 1. The summed E-state index contributed by atoms with van der Waals surface area (Å²) in [6.07, 6.45) is 1.13. The normalized spacial score (nSPS) is 28.4. The monoisotopic (exact) mass is 233 g/mol. The summed E-state index contributed by atoms with van der Waals surface area (Å²) in [6.45, 7) is 0. The molecule has 1 saturated heterocycles. The van der Waals surface area contributed by atoms with Gasteiger partial charge < -0.3 is 5.32 Å². The molecule has 1 heterocycles. The van der Waals surface area contributed by atoms with E-state index in [2.05, 4.69) is 15.6 Å². The first-order chi connectivity index (χ1) is 8.17. The predicted octanol–water partition coefficient (Wildman–Crippen LogP) is 0.672. The molecule has 0 radical (unpaired) electrons. The van der Waals surface area contributed by atoms with E-state index in [-0.39, 0.29) is 11.7 Å². The number of nitrogens with zero attached hydrogens (tertiary/aromatic N) is 1. The van der Waals surface area contributed by atoms with Gasteiger partial charge in [-0.1, -0.05) is 12.1 Å². The largest absolute Gasteiger partial charge is 0.338 e. The van der Waals surface area contributed by atoms with Gasteiger partial charge in [0.15, 0.2) is 5.96 Å². The fourth-order valence-corrected chi connectivity index (χ4v) is 2.64. The Morgan fingerprint density at radius 2 is 2.29 bits per heavy atom. The van der Waals surface area contributed by atoms with Gasteiger partial charge in [-0.3, -0.25) is 15.1 Å². The SMILES string of the molecule is CN=C1NC(=O)C2(CCc3c(F)cccc32)N1. The third-order valence-corrected chi connectivity index (χ3v) is 3.50. The molecule has 3 rings (SSSR count). The van der Waals surface area contributed by atoms with Crippen LogP contribution < -0.4 is 10.6 Å². The van der Waals surface area contributed by atoms with Crippen LogP contribution in [0.25, 0.3) is 0 Å². The van der Waals surface area contributed by atoms with Crippen molar-refractivity contribution in [1.29, 1.82) is 0 Å². The molecule has 1 aromatic rings. The van der Waals surface area contributed by atoms with Crippen LogP contribution >= 0.6 is 0 Å². The fraction of sp³-hybridized carbons (Fsp3) is 0.333. The molecule has 1 aromatic carbocycles. The Morgan fingerprint density at radius 3 is 3.00 bits per heavy atom. The fourth-order valence-electron chi connectivity index (χ4n) is 2.64. The van der Waals surface area contributed by atoms with Crippen LogP contribution in [0.3, 0.4) is 0 Å².